The highest BCUT2D eigenvalue weighted by Gasteiger charge is 2.19. The van der Waals surface area contributed by atoms with E-state index in [1.54, 1.807) is 12.1 Å². The number of carbonyl (C=O) groups excluding carboxylic acids is 3. The number of urea groups is 1. The van der Waals surface area contributed by atoms with Crippen LogP contribution in [0.5, 0.6) is 0 Å². The molecule has 0 saturated heterocycles. The van der Waals surface area contributed by atoms with Crippen LogP contribution in [0.4, 0.5) is 10.5 Å². The molecule has 0 heterocycles. The van der Waals surface area contributed by atoms with E-state index in [2.05, 4.69) is 10.6 Å². The molecule has 7 heteroatoms. The number of benzene rings is 1. The topological polar surface area (TPSA) is 111 Å². The molecule has 0 saturated carbocycles. The number of amides is 3. The normalized spacial score (nSPS) is 10.7. The summed E-state index contributed by atoms with van der Waals surface area (Å²) in [7, 11) is 0. The first kappa shape index (κ1) is 17.5. The molecule has 0 atom stereocenters. The highest BCUT2D eigenvalue weighted by Crippen LogP contribution is 2.11. The first-order valence-electron chi connectivity index (χ1n) is 6.88. The van der Waals surface area contributed by atoms with Gasteiger partial charge < -0.3 is 21.1 Å². The molecule has 0 bridgehead atoms. The van der Waals surface area contributed by atoms with E-state index in [4.69, 9.17) is 10.5 Å². The van der Waals surface area contributed by atoms with Gasteiger partial charge >= 0.3 is 12.0 Å². The summed E-state index contributed by atoms with van der Waals surface area (Å²) in [6.07, 6.45) is 0.757. The summed E-state index contributed by atoms with van der Waals surface area (Å²) >= 11 is 0. The quantitative estimate of drug-likeness (QED) is 0.694. The maximum absolute atomic E-state index is 11.9. The third-order valence-electron chi connectivity index (χ3n) is 3.06. The van der Waals surface area contributed by atoms with Crippen molar-refractivity contribution < 1.29 is 19.1 Å². The van der Waals surface area contributed by atoms with Crippen LogP contribution < -0.4 is 16.4 Å². The lowest BCUT2D eigenvalue weighted by atomic mass is 10.0. The second-order valence-electron chi connectivity index (χ2n) is 5.43. The molecule has 1 aromatic rings. The van der Waals surface area contributed by atoms with Crippen LogP contribution in [-0.2, 0) is 9.53 Å². The monoisotopic (exact) mass is 307 g/mol. The number of nitrogens with two attached hydrogens (primary N) is 1. The second kappa shape index (κ2) is 7.44. The van der Waals surface area contributed by atoms with Crippen molar-refractivity contribution in [3.63, 3.8) is 0 Å². The molecule has 0 aliphatic carbocycles. The predicted octanol–water partition coefficient (Wildman–Crippen LogP) is 1.64. The van der Waals surface area contributed by atoms with Crippen LogP contribution in [-0.4, -0.2) is 30.1 Å². The number of esters is 1. The van der Waals surface area contributed by atoms with Gasteiger partial charge in [0.05, 0.1) is 5.56 Å². The molecular formula is C15H21N3O4. The van der Waals surface area contributed by atoms with E-state index in [0.717, 1.165) is 6.42 Å². The van der Waals surface area contributed by atoms with Crippen molar-refractivity contribution in [1.82, 2.24) is 5.32 Å². The van der Waals surface area contributed by atoms with Gasteiger partial charge in [-0.25, -0.2) is 9.59 Å². The van der Waals surface area contributed by atoms with Crippen LogP contribution in [0, 0.1) is 0 Å². The minimum absolute atomic E-state index is 0.216. The van der Waals surface area contributed by atoms with Crippen molar-refractivity contribution in [2.75, 3.05) is 11.9 Å². The Morgan fingerprint density at radius 1 is 1.27 bits per heavy atom. The fraction of sp³-hybridized carbons (Fsp3) is 0.400. The summed E-state index contributed by atoms with van der Waals surface area (Å²) in [6.45, 7) is 5.34. The number of carbonyl (C=O) groups is 3. The molecular weight excluding hydrogens is 286 g/mol. The number of rotatable bonds is 6. The van der Waals surface area contributed by atoms with Gasteiger partial charge in [-0.2, -0.15) is 0 Å². The summed E-state index contributed by atoms with van der Waals surface area (Å²) in [5.74, 6) is -1.02. The summed E-state index contributed by atoms with van der Waals surface area (Å²) in [4.78, 5) is 34.3. The van der Waals surface area contributed by atoms with Gasteiger partial charge in [0.25, 0.3) is 5.91 Å². The maximum Gasteiger partial charge on any atom is 0.338 e. The van der Waals surface area contributed by atoms with E-state index < -0.39 is 12.0 Å². The molecule has 0 aliphatic heterocycles. The predicted molar refractivity (Wildman–Crippen MR) is 82.4 cm³/mol. The largest absolute Gasteiger partial charge is 0.452 e. The SMILES string of the molecule is CCC(C)(C)NC(=O)COC(=O)c1cccc(NC(N)=O)c1. The zero-order chi connectivity index (χ0) is 16.8. The molecule has 0 radical (unpaired) electrons. The number of hydrogen-bond acceptors (Lipinski definition) is 4. The molecule has 0 aliphatic rings. The van der Waals surface area contributed by atoms with Crippen molar-refractivity contribution in [1.29, 1.82) is 0 Å². The molecule has 120 valence electrons. The van der Waals surface area contributed by atoms with Crippen molar-refractivity contribution in [2.24, 2.45) is 5.73 Å². The minimum atomic E-state index is -0.730. The first-order chi connectivity index (χ1) is 10.2. The number of primary amides is 1. The van der Waals surface area contributed by atoms with Gasteiger partial charge in [-0.3, -0.25) is 4.79 Å². The number of nitrogens with one attached hydrogen (secondary N) is 2. The third kappa shape index (κ3) is 5.82. The summed E-state index contributed by atoms with van der Waals surface area (Å²) in [5, 5.41) is 5.12. The van der Waals surface area contributed by atoms with Gasteiger partial charge in [-0.15, -0.1) is 0 Å². The average molecular weight is 307 g/mol. The number of ether oxygens (including phenoxy) is 1. The Labute approximate surface area is 129 Å². The van der Waals surface area contributed by atoms with Crippen molar-refractivity contribution >= 4 is 23.6 Å². The summed E-state index contributed by atoms with van der Waals surface area (Å²) < 4.78 is 4.95. The Bertz CT molecular complexity index is 570. The Balaban J connectivity index is 2.59. The standard InChI is InChI=1S/C15H21N3O4/c1-4-15(2,3)18-12(19)9-22-13(20)10-6-5-7-11(8-10)17-14(16)21/h5-8H,4,9H2,1-3H3,(H,18,19)(H3,16,17,21). The lowest BCUT2D eigenvalue weighted by Crippen LogP contribution is -2.44. The smallest absolute Gasteiger partial charge is 0.338 e. The zero-order valence-electron chi connectivity index (χ0n) is 12.9. The van der Waals surface area contributed by atoms with E-state index in [9.17, 15) is 14.4 Å². The lowest BCUT2D eigenvalue weighted by Gasteiger charge is -2.24. The average Bonchev–Trinajstić information content (AvgIpc) is 2.44. The van der Waals surface area contributed by atoms with Gasteiger partial charge in [0.1, 0.15) is 0 Å². The molecule has 0 aromatic heterocycles. The number of hydrogen-bond donors (Lipinski definition) is 3. The van der Waals surface area contributed by atoms with E-state index >= 15 is 0 Å². The Morgan fingerprint density at radius 3 is 2.55 bits per heavy atom. The molecule has 7 nitrogen and oxygen atoms in total. The van der Waals surface area contributed by atoms with E-state index in [-0.39, 0.29) is 23.6 Å². The van der Waals surface area contributed by atoms with Crippen molar-refractivity contribution in [3.05, 3.63) is 29.8 Å². The zero-order valence-corrected chi connectivity index (χ0v) is 12.9. The molecule has 1 rings (SSSR count). The molecule has 0 fully saturated rings. The molecule has 4 N–H and O–H groups in total. The molecule has 1 aromatic carbocycles. The van der Waals surface area contributed by atoms with E-state index in [0.29, 0.717) is 5.69 Å². The van der Waals surface area contributed by atoms with Crippen LogP contribution in [0.15, 0.2) is 24.3 Å². The molecule has 0 unspecified atom stereocenters. The Kier molecular flexibility index (Phi) is 5.91. The van der Waals surface area contributed by atoms with Gasteiger partial charge in [-0.1, -0.05) is 13.0 Å². The fourth-order valence-electron chi connectivity index (χ4n) is 1.58. The number of anilines is 1. The minimum Gasteiger partial charge on any atom is -0.452 e. The molecule has 3 amide bonds. The first-order valence-corrected chi connectivity index (χ1v) is 6.88. The van der Waals surface area contributed by atoms with Crippen LogP contribution in [0.1, 0.15) is 37.6 Å². The van der Waals surface area contributed by atoms with Crippen LogP contribution in [0.3, 0.4) is 0 Å². The van der Waals surface area contributed by atoms with Crippen LogP contribution in [0.2, 0.25) is 0 Å². The maximum atomic E-state index is 11.9. The van der Waals surface area contributed by atoms with Crippen molar-refractivity contribution in [3.8, 4) is 0 Å². The van der Waals surface area contributed by atoms with Gasteiger partial charge in [0.2, 0.25) is 0 Å². The third-order valence-corrected chi connectivity index (χ3v) is 3.06. The molecule has 22 heavy (non-hydrogen) atoms. The highest BCUT2D eigenvalue weighted by atomic mass is 16.5. The van der Waals surface area contributed by atoms with Crippen molar-refractivity contribution in [2.45, 2.75) is 32.7 Å². The summed E-state index contributed by atoms with van der Waals surface area (Å²) in [6, 6.07) is 5.36. The van der Waals surface area contributed by atoms with Gasteiger partial charge in [0, 0.05) is 11.2 Å². The lowest BCUT2D eigenvalue weighted by molar-refractivity contribution is -0.125. The van der Waals surface area contributed by atoms with Gasteiger partial charge in [-0.05, 0) is 38.5 Å². The van der Waals surface area contributed by atoms with E-state index in [1.807, 2.05) is 20.8 Å². The highest BCUT2D eigenvalue weighted by molar-refractivity contribution is 5.94. The summed E-state index contributed by atoms with van der Waals surface area (Å²) in [5.41, 5.74) is 5.24. The Morgan fingerprint density at radius 2 is 1.95 bits per heavy atom. The van der Waals surface area contributed by atoms with Crippen LogP contribution >= 0.6 is 0 Å². The molecule has 0 spiro atoms. The Hall–Kier alpha value is -2.57. The van der Waals surface area contributed by atoms with E-state index in [1.165, 1.54) is 12.1 Å². The van der Waals surface area contributed by atoms with Gasteiger partial charge in [0.15, 0.2) is 6.61 Å². The second-order valence-corrected chi connectivity index (χ2v) is 5.43. The van der Waals surface area contributed by atoms with Crippen LogP contribution in [0.25, 0.3) is 0 Å². The fourth-order valence-corrected chi connectivity index (χ4v) is 1.58.